The molecular formula is C18H23N3O5. The molecular weight excluding hydrogens is 338 g/mol. The fourth-order valence-corrected chi connectivity index (χ4v) is 2.96. The molecule has 0 radical (unpaired) electrons. The minimum absolute atomic E-state index is 0.0209. The van der Waals surface area contributed by atoms with Gasteiger partial charge in [-0.3, -0.25) is 14.5 Å². The van der Waals surface area contributed by atoms with E-state index in [1.807, 2.05) is 13.8 Å². The Balaban J connectivity index is 1.80. The number of imide groups is 1. The van der Waals surface area contributed by atoms with E-state index in [4.69, 9.17) is 9.47 Å². The summed E-state index contributed by atoms with van der Waals surface area (Å²) in [5.41, 5.74) is -0.686. The number of ether oxygens (including phenoxy) is 2. The molecule has 140 valence electrons. The number of fused-ring (bicyclic) bond motifs is 1. The third-order valence-electron chi connectivity index (χ3n) is 4.72. The topological polar surface area (TPSA) is 97.0 Å². The number of carbonyl (C=O) groups excluding carboxylic acids is 3. The Bertz CT molecular complexity index is 750. The lowest BCUT2D eigenvalue weighted by Crippen LogP contribution is -2.44. The van der Waals surface area contributed by atoms with Crippen molar-refractivity contribution in [2.75, 3.05) is 19.8 Å². The Kier molecular flexibility index (Phi) is 4.76. The van der Waals surface area contributed by atoms with E-state index < -0.39 is 17.5 Å². The molecule has 26 heavy (non-hydrogen) atoms. The molecule has 3 rings (SSSR count). The summed E-state index contributed by atoms with van der Waals surface area (Å²) in [4.78, 5) is 38.2. The van der Waals surface area contributed by atoms with E-state index in [2.05, 4.69) is 10.6 Å². The van der Waals surface area contributed by atoms with E-state index >= 15 is 0 Å². The first-order chi connectivity index (χ1) is 12.3. The van der Waals surface area contributed by atoms with Crippen molar-refractivity contribution in [3.8, 4) is 11.5 Å². The van der Waals surface area contributed by atoms with Crippen molar-refractivity contribution in [3.05, 3.63) is 23.8 Å². The van der Waals surface area contributed by atoms with Crippen LogP contribution in [0.5, 0.6) is 11.5 Å². The molecule has 1 fully saturated rings. The van der Waals surface area contributed by atoms with Gasteiger partial charge in [-0.1, -0.05) is 13.0 Å². The van der Waals surface area contributed by atoms with Gasteiger partial charge in [0.15, 0.2) is 11.5 Å². The van der Waals surface area contributed by atoms with Gasteiger partial charge in [0.25, 0.3) is 5.91 Å². The van der Waals surface area contributed by atoms with Gasteiger partial charge in [0.2, 0.25) is 5.91 Å². The van der Waals surface area contributed by atoms with Gasteiger partial charge in [-0.2, -0.15) is 0 Å². The summed E-state index contributed by atoms with van der Waals surface area (Å²) in [5, 5.41) is 5.44. The second-order valence-corrected chi connectivity index (χ2v) is 6.68. The van der Waals surface area contributed by atoms with Gasteiger partial charge in [-0.15, -0.1) is 0 Å². The normalized spacial score (nSPS) is 22.8. The molecule has 0 aromatic heterocycles. The SMILES string of the molecule is CC[C@@H](C)NC(=O)CN1C(=O)N[C@@](C)(c2ccc3c(c2)OCCO3)C1=O. The van der Waals surface area contributed by atoms with E-state index in [0.717, 1.165) is 11.3 Å². The van der Waals surface area contributed by atoms with E-state index in [1.54, 1.807) is 25.1 Å². The predicted molar refractivity (Wildman–Crippen MR) is 92.9 cm³/mol. The molecule has 0 aliphatic carbocycles. The third-order valence-corrected chi connectivity index (χ3v) is 4.72. The van der Waals surface area contributed by atoms with Gasteiger partial charge < -0.3 is 20.1 Å². The molecule has 0 bridgehead atoms. The maximum absolute atomic E-state index is 12.9. The molecule has 0 saturated carbocycles. The van der Waals surface area contributed by atoms with Crippen LogP contribution in [0.25, 0.3) is 0 Å². The molecule has 1 saturated heterocycles. The Hall–Kier alpha value is -2.77. The lowest BCUT2D eigenvalue weighted by Gasteiger charge is -2.25. The molecule has 4 amide bonds. The zero-order chi connectivity index (χ0) is 18.9. The number of hydrogen-bond donors (Lipinski definition) is 2. The smallest absolute Gasteiger partial charge is 0.325 e. The minimum Gasteiger partial charge on any atom is -0.486 e. The number of benzene rings is 1. The van der Waals surface area contributed by atoms with Crippen LogP contribution in [0, 0.1) is 0 Å². The highest BCUT2D eigenvalue weighted by Crippen LogP contribution is 2.36. The monoisotopic (exact) mass is 361 g/mol. The molecule has 2 aliphatic rings. The average molecular weight is 361 g/mol. The first kappa shape index (κ1) is 18.0. The van der Waals surface area contributed by atoms with Crippen molar-refractivity contribution >= 4 is 17.8 Å². The lowest BCUT2D eigenvalue weighted by molar-refractivity contribution is -0.135. The first-order valence-corrected chi connectivity index (χ1v) is 8.68. The molecule has 8 heteroatoms. The number of rotatable bonds is 5. The van der Waals surface area contributed by atoms with Crippen LogP contribution < -0.4 is 20.1 Å². The van der Waals surface area contributed by atoms with Crippen molar-refractivity contribution in [2.45, 2.75) is 38.8 Å². The van der Waals surface area contributed by atoms with Gasteiger partial charge in [-0.25, -0.2) is 4.79 Å². The zero-order valence-corrected chi connectivity index (χ0v) is 15.1. The molecule has 2 aliphatic heterocycles. The second kappa shape index (κ2) is 6.86. The van der Waals surface area contributed by atoms with Gasteiger partial charge in [0.05, 0.1) is 0 Å². The number of carbonyl (C=O) groups is 3. The first-order valence-electron chi connectivity index (χ1n) is 8.68. The molecule has 8 nitrogen and oxygen atoms in total. The van der Waals surface area contributed by atoms with E-state index in [1.165, 1.54) is 0 Å². The number of hydrogen-bond acceptors (Lipinski definition) is 5. The fourth-order valence-electron chi connectivity index (χ4n) is 2.96. The number of nitrogens with one attached hydrogen (secondary N) is 2. The number of urea groups is 1. The van der Waals surface area contributed by atoms with Crippen molar-refractivity contribution in [3.63, 3.8) is 0 Å². The summed E-state index contributed by atoms with van der Waals surface area (Å²) in [6.07, 6.45) is 0.765. The Morgan fingerprint density at radius 3 is 2.69 bits per heavy atom. The largest absolute Gasteiger partial charge is 0.486 e. The van der Waals surface area contributed by atoms with Crippen LogP contribution in [0.3, 0.4) is 0 Å². The van der Waals surface area contributed by atoms with Gasteiger partial charge in [0.1, 0.15) is 25.3 Å². The highest BCUT2D eigenvalue weighted by molar-refractivity contribution is 6.09. The maximum Gasteiger partial charge on any atom is 0.325 e. The van der Waals surface area contributed by atoms with Crippen LogP contribution in [-0.2, 0) is 15.1 Å². The van der Waals surface area contributed by atoms with E-state index in [9.17, 15) is 14.4 Å². The fraction of sp³-hybridized carbons (Fsp3) is 0.500. The molecule has 2 heterocycles. The molecule has 2 atom stereocenters. The van der Waals surface area contributed by atoms with Crippen molar-refractivity contribution < 1.29 is 23.9 Å². The van der Waals surface area contributed by atoms with Crippen LogP contribution in [0.1, 0.15) is 32.8 Å². The summed E-state index contributed by atoms with van der Waals surface area (Å²) in [5.74, 6) is 0.294. The second-order valence-electron chi connectivity index (χ2n) is 6.68. The highest BCUT2D eigenvalue weighted by Gasteiger charge is 2.49. The maximum atomic E-state index is 12.9. The van der Waals surface area contributed by atoms with Crippen LogP contribution in [0.15, 0.2) is 18.2 Å². The van der Waals surface area contributed by atoms with Crippen molar-refractivity contribution in [2.24, 2.45) is 0 Å². The molecule has 1 aromatic rings. The molecule has 2 N–H and O–H groups in total. The Labute approximate surface area is 151 Å². The average Bonchev–Trinajstić information content (AvgIpc) is 2.85. The zero-order valence-electron chi connectivity index (χ0n) is 15.1. The van der Waals surface area contributed by atoms with Crippen LogP contribution >= 0.6 is 0 Å². The van der Waals surface area contributed by atoms with Crippen molar-refractivity contribution in [1.29, 1.82) is 0 Å². The molecule has 0 spiro atoms. The summed E-state index contributed by atoms with van der Waals surface area (Å²) in [6, 6.07) is 4.51. The van der Waals surface area contributed by atoms with Crippen LogP contribution in [0.2, 0.25) is 0 Å². The van der Waals surface area contributed by atoms with Gasteiger partial charge in [-0.05, 0) is 38.0 Å². The van der Waals surface area contributed by atoms with Gasteiger partial charge in [0, 0.05) is 6.04 Å². The van der Waals surface area contributed by atoms with E-state index in [-0.39, 0.29) is 18.5 Å². The lowest BCUT2D eigenvalue weighted by atomic mass is 9.91. The highest BCUT2D eigenvalue weighted by atomic mass is 16.6. The number of amides is 4. The minimum atomic E-state index is -1.26. The molecule has 1 aromatic carbocycles. The van der Waals surface area contributed by atoms with Crippen molar-refractivity contribution in [1.82, 2.24) is 15.5 Å². The summed E-state index contributed by atoms with van der Waals surface area (Å²) < 4.78 is 11.0. The molecule has 0 unspecified atom stereocenters. The summed E-state index contributed by atoms with van der Waals surface area (Å²) in [7, 11) is 0. The van der Waals surface area contributed by atoms with Crippen LogP contribution in [-0.4, -0.2) is 48.5 Å². The Morgan fingerprint density at radius 1 is 1.31 bits per heavy atom. The van der Waals surface area contributed by atoms with E-state index in [0.29, 0.717) is 30.3 Å². The van der Waals surface area contributed by atoms with Crippen LogP contribution in [0.4, 0.5) is 4.79 Å². The quantitative estimate of drug-likeness (QED) is 0.767. The summed E-state index contributed by atoms with van der Waals surface area (Å²) in [6.45, 7) is 6.01. The standard InChI is InChI=1S/C18H23N3O5/c1-4-11(2)19-15(22)10-21-16(23)18(3,20-17(21)24)12-5-6-13-14(9-12)26-8-7-25-13/h5-6,9,11H,4,7-8,10H2,1-3H3,(H,19,22)(H,20,24)/t11-,18+/m1/s1. The summed E-state index contributed by atoms with van der Waals surface area (Å²) >= 11 is 0. The van der Waals surface area contributed by atoms with Gasteiger partial charge >= 0.3 is 6.03 Å². The predicted octanol–water partition coefficient (Wildman–Crippen LogP) is 1.14. The number of nitrogens with zero attached hydrogens (tertiary/aromatic N) is 1. The Morgan fingerprint density at radius 2 is 2.00 bits per heavy atom. The third kappa shape index (κ3) is 3.18.